The van der Waals surface area contributed by atoms with Gasteiger partial charge in [0, 0.05) is 18.4 Å². The topological polar surface area (TPSA) is 47.6 Å². The standard InChI is InChI=1S/C16H16ClNO3S/c17-15-7-6-14(22-15)16(19)18-11-3-1-4-12(9-11)21-10-13-5-2-8-20-13/h1,3-4,6-7,9,13H,2,5,8,10H2,(H,18,19). The van der Waals surface area contributed by atoms with E-state index in [-0.39, 0.29) is 12.0 Å². The van der Waals surface area contributed by atoms with Crippen LogP contribution in [0.5, 0.6) is 5.75 Å². The molecule has 0 radical (unpaired) electrons. The Bertz CT molecular complexity index is 652. The van der Waals surface area contributed by atoms with E-state index in [4.69, 9.17) is 21.1 Å². The first-order valence-electron chi connectivity index (χ1n) is 7.12. The van der Waals surface area contributed by atoms with E-state index in [1.54, 1.807) is 12.1 Å². The first-order valence-corrected chi connectivity index (χ1v) is 8.31. The second-order valence-corrected chi connectivity index (χ2v) is 6.75. The first-order chi connectivity index (χ1) is 10.7. The van der Waals surface area contributed by atoms with Crippen LogP contribution in [0.2, 0.25) is 4.34 Å². The highest BCUT2D eigenvalue weighted by Crippen LogP contribution is 2.24. The third-order valence-corrected chi connectivity index (χ3v) is 4.58. The molecule has 1 aromatic carbocycles. The molecule has 1 amide bonds. The summed E-state index contributed by atoms with van der Waals surface area (Å²) in [6.07, 6.45) is 2.30. The third kappa shape index (κ3) is 4.00. The predicted octanol–water partition coefficient (Wildman–Crippen LogP) is 4.21. The molecule has 1 saturated heterocycles. The van der Waals surface area contributed by atoms with Gasteiger partial charge < -0.3 is 14.8 Å². The van der Waals surface area contributed by atoms with Crippen molar-refractivity contribution in [2.24, 2.45) is 0 Å². The molecule has 1 aromatic heterocycles. The van der Waals surface area contributed by atoms with Gasteiger partial charge in [0.15, 0.2) is 0 Å². The largest absolute Gasteiger partial charge is 0.491 e. The van der Waals surface area contributed by atoms with Crippen LogP contribution in [0.3, 0.4) is 0 Å². The molecular formula is C16H16ClNO3S. The Morgan fingerprint density at radius 3 is 3.05 bits per heavy atom. The van der Waals surface area contributed by atoms with E-state index < -0.39 is 0 Å². The van der Waals surface area contributed by atoms with Crippen LogP contribution in [-0.2, 0) is 4.74 Å². The molecule has 0 aliphatic carbocycles. The Morgan fingerprint density at radius 1 is 1.41 bits per heavy atom. The molecule has 4 nitrogen and oxygen atoms in total. The average Bonchev–Trinajstić information content (AvgIpc) is 3.17. The van der Waals surface area contributed by atoms with Crippen molar-refractivity contribution < 1.29 is 14.3 Å². The van der Waals surface area contributed by atoms with Gasteiger partial charge in [0.2, 0.25) is 0 Å². The normalized spacial score (nSPS) is 17.4. The number of hydrogen-bond donors (Lipinski definition) is 1. The highest BCUT2D eigenvalue weighted by molar-refractivity contribution is 7.18. The maximum Gasteiger partial charge on any atom is 0.265 e. The van der Waals surface area contributed by atoms with Crippen molar-refractivity contribution in [3.63, 3.8) is 0 Å². The summed E-state index contributed by atoms with van der Waals surface area (Å²) in [7, 11) is 0. The van der Waals surface area contributed by atoms with Gasteiger partial charge in [-0.1, -0.05) is 17.7 Å². The highest BCUT2D eigenvalue weighted by atomic mass is 35.5. The number of thiophene rings is 1. The highest BCUT2D eigenvalue weighted by Gasteiger charge is 2.16. The van der Waals surface area contributed by atoms with Crippen molar-refractivity contribution in [2.45, 2.75) is 18.9 Å². The van der Waals surface area contributed by atoms with E-state index in [0.29, 0.717) is 21.5 Å². The maximum absolute atomic E-state index is 12.1. The van der Waals surface area contributed by atoms with Crippen LogP contribution >= 0.6 is 22.9 Å². The lowest BCUT2D eigenvalue weighted by Crippen LogP contribution is -2.16. The van der Waals surface area contributed by atoms with Crippen molar-refractivity contribution in [3.05, 3.63) is 45.6 Å². The van der Waals surface area contributed by atoms with Crippen molar-refractivity contribution in [3.8, 4) is 5.75 Å². The van der Waals surface area contributed by atoms with Crippen LogP contribution in [0.15, 0.2) is 36.4 Å². The number of anilines is 1. The minimum Gasteiger partial charge on any atom is -0.491 e. The van der Waals surface area contributed by atoms with Crippen LogP contribution in [0.25, 0.3) is 0 Å². The number of hydrogen-bond acceptors (Lipinski definition) is 4. The molecule has 22 heavy (non-hydrogen) atoms. The van der Waals surface area contributed by atoms with Gasteiger partial charge in [-0.25, -0.2) is 0 Å². The van der Waals surface area contributed by atoms with Gasteiger partial charge in [0.05, 0.1) is 15.3 Å². The van der Waals surface area contributed by atoms with E-state index in [9.17, 15) is 4.79 Å². The minimum absolute atomic E-state index is 0.173. The van der Waals surface area contributed by atoms with Gasteiger partial charge >= 0.3 is 0 Å². The number of rotatable bonds is 5. The molecule has 0 bridgehead atoms. The molecule has 2 aromatic rings. The summed E-state index contributed by atoms with van der Waals surface area (Å²) >= 11 is 7.09. The van der Waals surface area contributed by atoms with E-state index in [2.05, 4.69) is 5.32 Å². The SMILES string of the molecule is O=C(Nc1cccc(OCC2CCCO2)c1)c1ccc(Cl)s1. The number of carbonyl (C=O) groups is 1. The Balaban J connectivity index is 1.59. The van der Waals surface area contributed by atoms with Crippen LogP contribution in [0.4, 0.5) is 5.69 Å². The lowest BCUT2D eigenvalue weighted by molar-refractivity contribution is 0.0680. The quantitative estimate of drug-likeness (QED) is 0.889. The molecule has 1 aliphatic rings. The van der Waals surface area contributed by atoms with Crippen molar-refractivity contribution in [1.82, 2.24) is 0 Å². The van der Waals surface area contributed by atoms with Gasteiger partial charge in [-0.05, 0) is 37.1 Å². The summed E-state index contributed by atoms with van der Waals surface area (Å²) < 4.78 is 11.8. The molecule has 1 aliphatic heterocycles. The minimum atomic E-state index is -0.173. The smallest absolute Gasteiger partial charge is 0.265 e. The zero-order chi connectivity index (χ0) is 15.4. The maximum atomic E-state index is 12.1. The fourth-order valence-corrected chi connectivity index (χ4v) is 3.20. The molecule has 1 fully saturated rings. The summed E-state index contributed by atoms with van der Waals surface area (Å²) in [5, 5.41) is 2.84. The van der Waals surface area contributed by atoms with Gasteiger partial charge in [-0.15, -0.1) is 11.3 Å². The summed E-state index contributed by atoms with van der Waals surface area (Å²) in [6, 6.07) is 10.8. The molecule has 1 N–H and O–H groups in total. The first kappa shape index (κ1) is 15.3. The monoisotopic (exact) mass is 337 g/mol. The third-order valence-electron chi connectivity index (χ3n) is 3.35. The van der Waals surface area contributed by atoms with E-state index in [1.807, 2.05) is 24.3 Å². The van der Waals surface area contributed by atoms with Crippen LogP contribution in [0, 0.1) is 0 Å². The van der Waals surface area contributed by atoms with Crippen LogP contribution in [0.1, 0.15) is 22.5 Å². The van der Waals surface area contributed by atoms with Crippen molar-refractivity contribution >= 4 is 34.5 Å². The Morgan fingerprint density at radius 2 is 2.32 bits per heavy atom. The fraction of sp³-hybridized carbons (Fsp3) is 0.312. The molecule has 116 valence electrons. The average molecular weight is 338 g/mol. The van der Waals surface area contributed by atoms with Gasteiger partial charge in [-0.2, -0.15) is 0 Å². The summed E-state index contributed by atoms with van der Waals surface area (Å²) in [4.78, 5) is 12.7. The molecule has 1 unspecified atom stereocenters. The number of ether oxygens (including phenoxy) is 2. The van der Waals surface area contributed by atoms with Crippen molar-refractivity contribution in [2.75, 3.05) is 18.5 Å². The zero-order valence-corrected chi connectivity index (χ0v) is 13.5. The van der Waals surface area contributed by atoms with Gasteiger partial charge in [0.25, 0.3) is 5.91 Å². The predicted molar refractivity (Wildman–Crippen MR) is 88.2 cm³/mol. The molecule has 0 saturated carbocycles. The molecule has 6 heteroatoms. The van der Waals surface area contributed by atoms with E-state index >= 15 is 0 Å². The number of nitrogens with one attached hydrogen (secondary N) is 1. The lowest BCUT2D eigenvalue weighted by Gasteiger charge is -2.12. The summed E-state index contributed by atoms with van der Waals surface area (Å²) in [6.45, 7) is 1.35. The number of benzene rings is 1. The summed E-state index contributed by atoms with van der Waals surface area (Å²) in [5.74, 6) is 0.547. The van der Waals surface area contributed by atoms with Crippen LogP contribution < -0.4 is 10.1 Å². The Labute approximate surface area is 138 Å². The number of amides is 1. The van der Waals surface area contributed by atoms with Gasteiger partial charge in [-0.3, -0.25) is 4.79 Å². The van der Waals surface area contributed by atoms with Crippen LogP contribution in [-0.4, -0.2) is 25.2 Å². The zero-order valence-electron chi connectivity index (χ0n) is 11.9. The molecular weight excluding hydrogens is 322 g/mol. The number of carbonyl (C=O) groups excluding carboxylic acids is 1. The molecule has 1 atom stereocenters. The molecule has 3 rings (SSSR count). The van der Waals surface area contributed by atoms with Crippen molar-refractivity contribution in [1.29, 1.82) is 0 Å². The van der Waals surface area contributed by atoms with E-state index in [0.717, 1.165) is 25.2 Å². The number of halogens is 1. The molecule has 0 spiro atoms. The second kappa shape index (κ2) is 7.13. The Kier molecular flexibility index (Phi) is 4.97. The molecule has 2 heterocycles. The fourth-order valence-electron chi connectivity index (χ4n) is 2.26. The second-order valence-electron chi connectivity index (χ2n) is 5.03. The Hall–Kier alpha value is -1.56. The lowest BCUT2D eigenvalue weighted by atomic mass is 10.2. The summed E-state index contributed by atoms with van der Waals surface area (Å²) in [5.41, 5.74) is 0.694. The van der Waals surface area contributed by atoms with E-state index in [1.165, 1.54) is 11.3 Å². The van der Waals surface area contributed by atoms with Gasteiger partial charge in [0.1, 0.15) is 12.4 Å².